The molecule has 0 bridgehead atoms. The second-order valence-corrected chi connectivity index (χ2v) is 3.43. The lowest BCUT2D eigenvalue weighted by Crippen LogP contribution is -2.01. The average Bonchev–Trinajstić information content (AvgIpc) is 2.36. The third kappa shape index (κ3) is 3.46. The second kappa shape index (κ2) is 6.49. The summed E-state index contributed by atoms with van der Waals surface area (Å²) in [5, 5.41) is 9.09. The minimum Gasteiger partial charge on any atom is -0.463 e. The van der Waals surface area contributed by atoms with Crippen LogP contribution in [0.15, 0.2) is 30.3 Å². The maximum absolute atomic E-state index is 11.3. The van der Waals surface area contributed by atoms with E-state index in [0.29, 0.717) is 12.2 Å². The Labute approximate surface area is 101 Å². The first-order valence-corrected chi connectivity index (χ1v) is 5.59. The molecule has 0 aliphatic rings. The van der Waals surface area contributed by atoms with Gasteiger partial charge in [-0.1, -0.05) is 31.2 Å². The third-order valence-corrected chi connectivity index (χ3v) is 2.36. The van der Waals surface area contributed by atoms with Crippen LogP contribution in [-0.4, -0.2) is 12.6 Å². The summed E-state index contributed by atoms with van der Waals surface area (Å²) in [5.41, 5.74) is 2.19. The molecular formula is C14H15NO2. The molecule has 0 heterocycles. The molecule has 0 radical (unpaired) electrons. The molecular weight excluding hydrogens is 214 g/mol. The number of carbonyl (C=O) groups is 1. The molecule has 1 aromatic carbocycles. The highest BCUT2D eigenvalue weighted by atomic mass is 16.5. The minimum absolute atomic E-state index is 0.309. The highest BCUT2D eigenvalue weighted by Gasteiger charge is 2.08. The van der Waals surface area contributed by atoms with Crippen molar-refractivity contribution in [2.45, 2.75) is 20.3 Å². The molecule has 3 nitrogen and oxygen atoms in total. The highest BCUT2D eigenvalue weighted by molar-refractivity contribution is 5.95. The van der Waals surface area contributed by atoms with Crippen molar-refractivity contribution in [3.05, 3.63) is 41.5 Å². The number of hydrogen-bond donors (Lipinski definition) is 0. The molecule has 0 amide bonds. The van der Waals surface area contributed by atoms with Crippen LogP contribution in [0.1, 0.15) is 25.0 Å². The molecule has 0 aliphatic carbocycles. The molecule has 0 aromatic heterocycles. The molecule has 0 spiro atoms. The molecule has 3 heteroatoms. The molecule has 0 saturated carbocycles. The number of esters is 1. The summed E-state index contributed by atoms with van der Waals surface area (Å²) in [4.78, 5) is 11.3. The van der Waals surface area contributed by atoms with E-state index in [1.807, 2.05) is 37.3 Å². The van der Waals surface area contributed by atoms with Crippen LogP contribution in [0, 0.1) is 11.3 Å². The lowest BCUT2D eigenvalue weighted by molar-refractivity contribution is -0.137. The Balaban J connectivity index is 3.10. The average molecular weight is 229 g/mol. The van der Waals surface area contributed by atoms with Crippen LogP contribution >= 0.6 is 0 Å². The van der Waals surface area contributed by atoms with Crippen LogP contribution in [0.25, 0.3) is 5.57 Å². The Hall–Kier alpha value is -2.08. The zero-order chi connectivity index (χ0) is 12.7. The summed E-state index contributed by atoms with van der Waals surface area (Å²) in [6.45, 7) is 4.05. The number of nitrogens with zero attached hydrogens (tertiary/aromatic N) is 1. The van der Waals surface area contributed by atoms with Gasteiger partial charge in [0.2, 0.25) is 0 Å². The first-order chi connectivity index (χ1) is 8.22. The quantitative estimate of drug-likeness (QED) is 0.453. The summed E-state index contributed by atoms with van der Waals surface area (Å²) in [6.07, 6.45) is 2.07. The van der Waals surface area contributed by atoms with Crippen LogP contribution in [-0.2, 0) is 16.0 Å². The van der Waals surface area contributed by atoms with E-state index in [2.05, 4.69) is 0 Å². The predicted molar refractivity (Wildman–Crippen MR) is 66.0 cm³/mol. The van der Waals surface area contributed by atoms with E-state index < -0.39 is 5.97 Å². The van der Waals surface area contributed by atoms with Crippen molar-refractivity contribution in [3.63, 3.8) is 0 Å². The van der Waals surface area contributed by atoms with Crippen LogP contribution in [0.5, 0.6) is 0 Å². The maximum Gasteiger partial charge on any atom is 0.332 e. The molecule has 17 heavy (non-hydrogen) atoms. The Morgan fingerprint density at radius 2 is 2.12 bits per heavy atom. The van der Waals surface area contributed by atoms with E-state index in [1.165, 1.54) is 6.08 Å². The number of nitriles is 1. The number of hydrogen-bond acceptors (Lipinski definition) is 3. The SMILES string of the molecule is CCOC(=O)C=C(C#N)c1ccccc1CC. The van der Waals surface area contributed by atoms with E-state index in [0.717, 1.165) is 17.5 Å². The normalized spacial score (nSPS) is 10.8. The topological polar surface area (TPSA) is 50.1 Å². The van der Waals surface area contributed by atoms with E-state index in [1.54, 1.807) is 6.92 Å². The van der Waals surface area contributed by atoms with Gasteiger partial charge in [0.05, 0.1) is 12.2 Å². The standard InChI is InChI=1S/C14H15NO2/c1-3-11-7-5-6-8-13(11)12(10-15)9-14(16)17-4-2/h5-9H,3-4H2,1-2H3. The molecule has 0 fully saturated rings. The van der Waals surface area contributed by atoms with Crippen molar-refractivity contribution in [3.8, 4) is 6.07 Å². The van der Waals surface area contributed by atoms with Crippen LogP contribution < -0.4 is 0 Å². The number of carbonyl (C=O) groups excluding carboxylic acids is 1. The van der Waals surface area contributed by atoms with Crippen LogP contribution in [0.4, 0.5) is 0 Å². The van der Waals surface area contributed by atoms with Gasteiger partial charge in [-0.2, -0.15) is 5.26 Å². The van der Waals surface area contributed by atoms with E-state index >= 15 is 0 Å². The number of ether oxygens (including phenoxy) is 1. The van der Waals surface area contributed by atoms with Crippen molar-refractivity contribution >= 4 is 11.5 Å². The number of benzene rings is 1. The highest BCUT2D eigenvalue weighted by Crippen LogP contribution is 2.19. The molecule has 1 rings (SSSR count). The van der Waals surface area contributed by atoms with Gasteiger partial charge in [-0.05, 0) is 24.5 Å². The minimum atomic E-state index is -0.477. The molecule has 88 valence electrons. The summed E-state index contributed by atoms with van der Waals surface area (Å²) in [7, 11) is 0. The molecule has 0 N–H and O–H groups in total. The Bertz CT molecular complexity index is 469. The summed E-state index contributed by atoms with van der Waals surface area (Å²) >= 11 is 0. The van der Waals surface area contributed by atoms with Crippen molar-refractivity contribution in [1.29, 1.82) is 5.26 Å². The largest absolute Gasteiger partial charge is 0.463 e. The maximum atomic E-state index is 11.3. The Morgan fingerprint density at radius 1 is 1.41 bits per heavy atom. The van der Waals surface area contributed by atoms with E-state index in [-0.39, 0.29) is 0 Å². The van der Waals surface area contributed by atoms with Crippen LogP contribution in [0.3, 0.4) is 0 Å². The smallest absolute Gasteiger partial charge is 0.332 e. The third-order valence-electron chi connectivity index (χ3n) is 2.36. The number of aryl methyl sites for hydroxylation is 1. The van der Waals surface area contributed by atoms with Gasteiger partial charge in [0.25, 0.3) is 0 Å². The fraction of sp³-hybridized carbons (Fsp3) is 0.286. The van der Waals surface area contributed by atoms with Crippen molar-refractivity contribution < 1.29 is 9.53 Å². The molecule has 0 aliphatic heterocycles. The summed E-state index contributed by atoms with van der Waals surface area (Å²) < 4.78 is 4.80. The first kappa shape index (κ1) is 13.0. The van der Waals surface area contributed by atoms with Gasteiger partial charge < -0.3 is 4.74 Å². The Morgan fingerprint density at radius 3 is 2.71 bits per heavy atom. The van der Waals surface area contributed by atoms with Gasteiger partial charge in [0.1, 0.15) is 6.07 Å². The number of rotatable bonds is 4. The lowest BCUT2D eigenvalue weighted by Gasteiger charge is -2.05. The van der Waals surface area contributed by atoms with Crippen molar-refractivity contribution in [2.75, 3.05) is 6.61 Å². The van der Waals surface area contributed by atoms with Crippen molar-refractivity contribution in [2.24, 2.45) is 0 Å². The van der Waals surface area contributed by atoms with Gasteiger partial charge in [-0.25, -0.2) is 4.79 Å². The monoisotopic (exact) mass is 229 g/mol. The molecule has 0 unspecified atom stereocenters. The zero-order valence-corrected chi connectivity index (χ0v) is 10.1. The molecule has 0 atom stereocenters. The van der Waals surface area contributed by atoms with E-state index in [9.17, 15) is 4.79 Å². The predicted octanol–water partition coefficient (Wildman–Crippen LogP) is 2.72. The van der Waals surface area contributed by atoms with Gasteiger partial charge in [0, 0.05) is 6.08 Å². The lowest BCUT2D eigenvalue weighted by atomic mass is 9.99. The van der Waals surface area contributed by atoms with Gasteiger partial charge in [-0.15, -0.1) is 0 Å². The van der Waals surface area contributed by atoms with Crippen LogP contribution in [0.2, 0.25) is 0 Å². The Kier molecular flexibility index (Phi) is 4.96. The molecule has 0 saturated heterocycles. The van der Waals surface area contributed by atoms with Gasteiger partial charge in [-0.3, -0.25) is 0 Å². The fourth-order valence-electron chi connectivity index (χ4n) is 1.56. The van der Waals surface area contributed by atoms with Crippen molar-refractivity contribution in [1.82, 2.24) is 0 Å². The van der Waals surface area contributed by atoms with E-state index in [4.69, 9.17) is 10.00 Å². The summed E-state index contributed by atoms with van der Waals surface area (Å²) in [6, 6.07) is 9.60. The molecule has 1 aromatic rings. The first-order valence-electron chi connectivity index (χ1n) is 5.59. The summed E-state index contributed by atoms with van der Waals surface area (Å²) in [5.74, 6) is -0.477. The van der Waals surface area contributed by atoms with Gasteiger partial charge >= 0.3 is 5.97 Å². The van der Waals surface area contributed by atoms with Gasteiger partial charge in [0.15, 0.2) is 0 Å². The zero-order valence-electron chi connectivity index (χ0n) is 10.1. The second-order valence-electron chi connectivity index (χ2n) is 3.43. The fourth-order valence-corrected chi connectivity index (χ4v) is 1.56. The number of allylic oxidation sites excluding steroid dienone is 1.